The Morgan fingerprint density at radius 2 is 1.00 bits per heavy atom. The number of thiol groups is 2. The molecule has 0 amide bonds. The van der Waals surface area contributed by atoms with Crippen LogP contribution in [0.2, 0.25) is 0 Å². The standard InChI is InChI=1S/C10H8O4S4/c11-17(12,15)9-5-1-3-7-8(9)4-2-6-10(7)18(13,14)16/h1-6H,(H,11,12,15)(H,13,14,16). The van der Waals surface area contributed by atoms with E-state index < -0.39 is 17.7 Å². The van der Waals surface area contributed by atoms with Gasteiger partial charge in [0.1, 0.15) is 0 Å². The van der Waals surface area contributed by atoms with Gasteiger partial charge in [-0.1, -0.05) is 24.3 Å². The summed E-state index contributed by atoms with van der Waals surface area (Å²) in [4.78, 5) is -0.0515. The third-order valence-corrected chi connectivity index (χ3v) is 5.40. The summed E-state index contributed by atoms with van der Waals surface area (Å²) in [6.45, 7) is 0. The molecule has 0 N–H and O–H groups in total. The van der Waals surface area contributed by atoms with Crippen LogP contribution in [-0.4, -0.2) is 16.8 Å². The molecule has 8 heteroatoms. The van der Waals surface area contributed by atoms with Crippen molar-refractivity contribution in [1.82, 2.24) is 0 Å². The minimum absolute atomic E-state index is 0.0258. The summed E-state index contributed by atoms with van der Waals surface area (Å²) in [5.74, 6) is 0. The molecule has 0 unspecified atom stereocenters. The fraction of sp³-hybridized carbons (Fsp3) is 0. The third kappa shape index (κ3) is 2.51. The quantitative estimate of drug-likeness (QED) is 0.657. The van der Waals surface area contributed by atoms with Gasteiger partial charge in [0, 0.05) is 10.8 Å². The zero-order valence-corrected chi connectivity index (χ0v) is 12.2. The molecule has 2 aromatic carbocycles. The Labute approximate surface area is 114 Å². The third-order valence-electron chi connectivity index (χ3n) is 2.40. The van der Waals surface area contributed by atoms with Gasteiger partial charge in [0.25, 0.3) is 0 Å². The van der Waals surface area contributed by atoms with Crippen LogP contribution >= 0.6 is 23.3 Å². The van der Waals surface area contributed by atoms with E-state index in [0.717, 1.165) is 0 Å². The largest absolute Gasteiger partial charge is 0.227 e. The van der Waals surface area contributed by atoms with Crippen LogP contribution in [0.3, 0.4) is 0 Å². The van der Waals surface area contributed by atoms with Crippen molar-refractivity contribution < 1.29 is 16.8 Å². The summed E-state index contributed by atoms with van der Waals surface area (Å²) >= 11 is 7.06. The van der Waals surface area contributed by atoms with E-state index in [4.69, 9.17) is 0 Å². The van der Waals surface area contributed by atoms with Gasteiger partial charge in [-0.25, -0.2) is 16.8 Å². The number of hydrogen-bond donors (Lipinski definition) is 2. The van der Waals surface area contributed by atoms with Crippen molar-refractivity contribution in [2.75, 3.05) is 0 Å². The van der Waals surface area contributed by atoms with Gasteiger partial charge in [-0.15, -0.1) is 0 Å². The topological polar surface area (TPSA) is 68.3 Å². The van der Waals surface area contributed by atoms with Crippen LogP contribution in [0.4, 0.5) is 0 Å². The first-order valence-corrected chi connectivity index (χ1v) is 9.75. The average Bonchev–Trinajstić information content (AvgIpc) is 2.24. The minimum Gasteiger partial charge on any atom is -0.212 e. The molecule has 0 fully saturated rings. The van der Waals surface area contributed by atoms with Crippen molar-refractivity contribution in [2.45, 2.75) is 9.79 Å². The average molecular weight is 320 g/mol. The maximum Gasteiger partial charge on any atom is 0.227 e. The molecular formula is C10H8O4S4. The molecule has 0 spiro atoms. The lowest BCUT2D eigenvalue weighted by atomic mass is 10.1. The van der Waals surface area contributed by atoms with Crippen molar-refractivity contribution >= 4 is 51.8 Å². The summed E-state index contributed by atoms with van der Waals surface area (Å²) in [5.41, 5.74) is 0. The predicted molar refractivity (Wildman–Crippen MR) is 76.3 cm³/mol. The summed E-state index contributed by atoms with van der Waals surface area (Å²) < 4.78 is 46.0. The van der Waals surface area contributed by atoms with Gasteiger partial charge in [-0.05, 0) is 35.5 Å². The number of rotatable bonds is 2. The molecule has 0 bridgehead atoms. The second-order valence-electron chi connectivity index (χ2n) is 3.56. The van der Waals surface area contributed by atoms with Crippen molar-refractivity contribution in [3.05, 3.63) is 36.4 Å². The van der Waals surface area contributed by atoms with E-state index in [1.165, 1.54) is 36.4 Å². The van der Waals surface area contributed by atoms with Crippen LogP contribution in [0.5, 0.6) is 0 Å². The molecule has 0 saturated carbocycles. The molecule has 0 aromatic heterocycles. The van der Waals surface area contributed by atoms with Crippen LogP contribution in [0.25, 0.3) is 10.8 Å². The number of hydrogen-bond acceptors (Lipinski definition) is 4. The molecule has 2 aromatic rings. The van der Waals surface area contributed by atoms with E-state index in [1.807, 2.05) is 0 Å². The fourth-order valence-electron chi connectivity index (χ4n) is 1.70. The molecule has 0 saturated heterocycles. The lowest BCUT2D eigenvalue weighted by molar-refractivity contribution is 0.609. The molecule has 0 aliphatic rings. The smallest absolute Gasteiger partial charge is 0.212 e. The molecule has 0 aliphatic carbocycles. The molecule has 0 radical (unpaired) electrons. The highest BCUT2D eigenvalue weighted by Crippen LogP contribution is 2.30. The zero-order chi connectivity index (χ0) is 13.6. The monoisotopic (exact) mass is 320 g/mol. The van der Waals surface area contributed by atoms with E-state index in [2.05, 4.69) is 23.3 Å². The van der Waals surface area contributed by atoms with Crippen molar-refractivity contribution in [1.29, 1.82) is 0 Å². The van der Waals surface area contributed by atoms with E-state index in [-0.39, 0.29) is 9.79 Å². The Hall–Kier alpha value is -0.700. The Kier molecular flexibility index (Phi) is 3.39. The van der Waals surface area contributed by atoms with E-state index >= 15 is 0 Å². The van der Waals surface area contributed by atoms with Crippen LogP contribution in [0, 0.1) is 0 Å². The zero-order valence-electron chi connectivity index (χ0n) is 8.81. The molecule has 2 rings (SSSR count). The van der Waals surface area contributed by atoms with E-state index in [1.54, 1.807) is 0 Å². The Bertz CT molecular complexity index is 751. The first-order valence-electron chi connectivity index (χ1n) is 4.68. The van der Waals surface area contributed by atoms with Crippen LogP contribution in [0.1, 0.15) is 0 Å². The van der Waals surface area contributed by atoms with E-state index in [9.17, 15) is 16.8 Å². The van der Waals surface area contributed by atoms with Gasteiger partial charge in [0.2, 0.25) is 17.7 Å². The fourth-order valence-corrected chi connectivity index (χ4v) is 4.07. The highest BCUT2D eigenvalue weighted by molar-refractivity contribution is 8.63. The molecule has 4 nitrogen and oxygen atoms in total. The molecule has 0 heterocycles. The van der Waals surface area contributed by atoms with Gasteiger partial charge in [0.05, 0.1) is 9.79 Å². The summed E-state index contributed by atoms with van der Waals surface area (Å²) in [5, 5.41) is 0.616. The summed E-state index contributed by atoms with van der Waals surface area (Å²) in [7, 11) is -7.43. The Morgan fingerprint density at radius 1 is 0.667 bits per heavy atom. The lowest BCUT2D eigenvalue weighted by Gasteiger charge is -2.07. The second kappa shape index (κ2) is 4.44. The first-order chi connectivity index (χ1) is 8.21. The highest BCUT2D eigenvalue weighted by Gasteiger charge is 2.17. The summed E-state index contributed by atoms with van der Waals surface area (Å²) in [6, 6.07) is 8.74. The highest BCUT2D eigenvalue weighted by atomic mass is 33.1. The van der Waals surface area contributed by atoms with Gasteiger partial charge >= 0.3 is 0 Å². The lowest BCUT2D eigenvalue weighted by Crippen LogP contribution is -1.96. The predicted octanol–water partition coefficient (Wildman–Crippen LogP) is 2.08. The first kappa shape index (κ1) is 13.7. The molecule has 0 atom stereocenters. The van der Waals surface area contributed by atoms with Crippen molar-refractivity contribution in [2.24, 2.45) is 0 Å². The number of fused-ring (bicyclic) bond motifs is 1. The minimum atomic E-state index is -3.72. The van der Waals surface area contributed by atoms with Crippen molar-refractivity contribution in [3.63, 3.8) is 0 Å². The molecule has 0 aliphatic heterocycles. The number of benzene rings is 2. The maximum absolute atomic E-state index is 11.5. The summed E-state index contributed by atoms with van der Waals surface area (Å²) in [6.07, 6.45) is 0. The molecule has 96 valence electrons. The molecular weight excluding hydrogens is 312 g/mol. The Balaban J connectivity index is 3.00. The Morgan fingerprint density at radius 3 is 1.28 bits per heavy atom. The normalized spacial score (nSPS) is 12.8. The second-order valence-corrected chi connectivity index (χ2v) is 9.22. The molecule has 18 heavy (non-hydrogen) atoms. The van der Waals surface area contributed by atoms with Gasteiger partial charge in [0.15, 0.2) is 0 Å². The van der Waals surface area contributed by atoms with Crippen LogP contribution < -0.4 is 0 Å². The van der Waals surface area contributed by atoms with E-state index in [0.29, 0.717) is 10.8 Å². The van der Waals surface area contributed by atoms with Crippen molar-refractivity contribution in [3.8, 4) is 0 Å². The maximum atomic E-state index is 11.5. The van der Waals surface area contributed by atoms with Crippen LogP contribution in [0.15, 0.2) is 46.2 Å². The van der Waals surface area contributed by atoms with Crippen LogP contribution in [-0.2, 0) is 17.7 Å². The SMILES string of the molecule is O=S(=O)(S)c1cccc2c(S(=O)(=O)S)cccc12. The van der Waals surface area contributed by atoms with Gasteiger partial charge in [-0.3, -0.25) is 0 Å². The van der Waals surface area contributed by atoms with Gasteiger partial charge in [-0.2, -0.15) is 0 Å². The van der Waals surface area contributed by atoms with Gasteiger partial charge < -0.3 is 0 Å².